The van der Waals surface area contributed by atoms with Crippen LogP contribution in [0.5, 0.6) is 0 Å². The van der Waals surface area contributed by atoms with Gasteiger partial charge in [-0.25, -0.2) is 4.39 Å². The van der Waals surface area contributed by atoms with Crippen LogP contribution in [-0.4, -0.2) is 12.5 Å². The lowest BCUT2D eigenvalue weighted by molar-refractivity contribution is -0.131. The molecule has 1 aliphatic rings. The van der Waals surface area contributed by atoms with Gasteiger partial charge in [-0.2, -0.15) is 8.78 Å². The normalized spacial score (nSPS) is 22.8. The summed E-state index contributed by atoms with van der Waals surface area (Å²) < 4.78 is 45.0. The fourth-order valence-corrected chi connectivity index (χ4v) is 2.33. The van der Waals surface area contributed by atoms with E-state index >= 15 is 0 Å². The number of carbonyl (C=O) groups is 1. The van der Waals surface area contributed by atoms with Gasteiger partial charge in [0.2, 0.25) is 0 Å². The van der Waals surface area contributed by atoms with E-state index in [9.17, 15) is 18.0 Å². The zero-order valence-electron chi connectivity index (χ0n) is 9.77. The van der Waals surface area contributed by atoms with E-state index in [1.54, 1.807) is 0 Å². The molecule has 0 saturated carbocycles. The molecule has 2 rings (SSSR count). The van der Waals surface area contributed by atoms with Crippen molar-refractivity contribution in [2.75, 3.05) is 6.61 Å². The Bertz CT molecular complexity index is 572. The molecule has 1 aromatic rings. The lowest BCUT2D eigenvalue weighted by Gasteiger charge is -2.36. The van der Waals surface area contributed by atoms with Crippen molar-refractivity contribution in [3.05, 3.63) is 45.9 Å². The maximum Gasteiger partial charge on any atom is 0.310 e. The van der Waals surface area contributed by atoms with Crippen molar-refractivity contribution in [1.82, 2.24) is 5.32 Å². The van der Waals surface area contributed by atoms with E-state index in [0.717, 1.165) is 6.07 Å². The molecule has 19 heavy (non-hydrogen) atoms. The maximum absolute atomic E-state index is 13.9. The van der Waals surface area contributed by atoms with Gasteiger partial charge in [0, 0.05) is 10.0 Å². The SMILES string of the molecule is CC1(c2cc(Br)ccc2F)NC(=O)COC1=C(F)F. The Kier molecular flexibility index (Phi) is 3.58. The Labute approximate surface area is 115 Å². The monoisotopic (exact) mass is 335 g/mol. The second kappa shape index (κ2) is 4.88. The van der Waals surface area contributed by atoms with Crippen LogP contribution in [0.25, 0.3) is 0 Å². The van der Waals surface area contributed by atoms with Gasteiger partial charge < -0.3 is 10.1 Å². The summed E-state index contributed by atoms with van der Waals surface area (Å²) >= 11 is 3.14. The third-order valence-electron chi connectivity index (χ3n) is 2.83. The predicted molar refractivity (Wildman–Crippen MR) is 64.8 cm³/mol. The number of benzene rings is 1. The number of amides is 1. The van der Waals surface area contributed by atoms with E-state index in [1.165, 1.54) is 19.1 Å². The Morgan fingerprint density at radius 1 is 1.47 bits per heavy atom. The van der Waals surface area contributed by atoms with Crippen molar-refractivity contribution in [1.29, 1.82) is 0 Å². The quantitative estimate of drug-likeness (QED) is 0.856. The van der Waals surface area contributed by atoms with Crippen LogP contribution in [0.15, 0.2) is 34.5 Å². The number of nitrogens with one attached hydrogen (secondary N) is 1. The van der Waals surface area contributed by atoms with Gasteiger partial charge in [-0.3, -0.25) is 4.79 Å². The molecule has 102 valence electrons. The smallest absolute Gasteiger partial charge is 0.310 e. The molecule has 7 heteroatoms. The molecule has 1 saturated heterocycles. The van der Waals surface area contributed by atoms with E-state index in [0.29, 0.717) is 4.47 Å². The zero-order chi connectivity index (χ0) is 14.2. The molecule has 1 aromatic carbocycles. The topological polar surface area (TPSA) is 38.3 Å². The molecule has 1 amide bonds. The Morgan fingerprint density at radius 2 is 2.16 bits per heavy atom. The van der Waals surface area contributed by atoms with Crippen molar-refractivity contribution in [3.63, 3.8) is 0 Å². The van der Waals surface area contributed by atoms with Crippen molar-refractivity contribution in [2.24, 2.45) is 0 Å². The van der Waals surface area contributed by atoms with Gasteiger partial charge in [-0.1, -0.05) is 15.9 Å². The summed E-state index contributed by atoms with van der Waals surface area (Å²) in [6, 6.07) is 3.88. The van der Waals surface area contributed by atoms with Crippen molar-refractivity contribution in [2.45, 2.75) is 12.5 Å². The third kappa shape index (κ3) is 2.47. The van der Waals surface area contributed by atoms with Crippen molar-refractivity contribution < 1.29 is 22.7 Å². The lowest BCUT2D eigenvalue weighted by atomic mass is 9.88. The van der Waals surface area contributed by atoms with Crippen molar-refractivity contribution in [3.8, 4) is 0 Å². The third-order valence-corrected chi connectivity index (χ3v) is 3.32. The molecule has 0 radical (unpaired) electrons. The minimum atomic E-state index is -2.10. The van der Waals surface area contributed by atoms with Crippen LogP contribution in [0.2, 0.25) is 0 Å². The molecule has 1 aliphatic heterocycles. The summed E-state index contributed by atoms with van der Waals surface area (Å²) in [6.07, 6.45) is -2.10. The zero-order valence-corrected chi connectivity index (χ0v) is 11.4. The van der Waals surface area contributed by atoms with Gasteiger partial charge >= 0.3 is 6.08 Å². The summed E-state index contributed by atoms with van der Waals surface area (Å²) in [5, 5.41) is 2.35. The Balaban J connectivity index is 2.62. The van der Waals surface area contributed by atoms with Gasteiger partial charge in [0.25, 0.3) is 5.91 Å². The van der Waals surface area contributed by atoms with E-state index in [2.05, 4.69) is 21.2 Å². The molecule has 1 unspecified atom stereocenters. The number of hydrogen-bond donors (Lipinski definition) is 1. The highest BCUT2D eigenvalue weighted by molar-refractivity contribution is 9.10. The average molecular weight is 336 g/mol. The molecule has 0 aromatic heterocycles. The first-order valence-corrected chi connectivity index (χ1v) is 6.09. The molecule has 1 atom stereocenters. The molecular weight excluding hydrogens is 327 g/mol. The minimum Gasteiger partial charge on any atom is -0.480 e. The number of carbonyl (C=O) groups excluding carboxylic acids is 1. The van der Waals surface area contributed by atoms with Crippen LogP contribution >= 0.6 is 15.9 Å². The number of halogens is 4. The molecular formula is C12H9BrF3NO2. The summed E-state index contributed by atoms with van der Waals surface area (Å²) in [4.78, 5) is 11.4. The van der Waals surface area contributed by atoms with E-state index in [1.807, 2.05) is 0 Å². The Morgan fingerprint density at radius 3 is 2.79 bits per heavy atom. The van der Waals surface area contributed by atoms with Crippen LogP contribution in [0.4, 0.5) is 13.2 Å². The first kappa shape index (κ1) is 13.9. The number of hydrogen-bond acceptors (Lipinski definition) is 2. The van der Waals surface area contributed by atoms with Crippen molar-refractivity contribution >= 4 is 21.8 Å². The van der Waals surface area contributed by atoms with E-state index < -0.39 is 35.7 Å². The fraction of sp³-hybridized carbons (Fsp3) is 0.250. The summed E-state index contributed by atoms with van der Waals surface area (Å²) in [7, 11) is 0. The summed E-state index contributed by atoms with van der Waals surface area (Å²) in [5.41, 5.74) is -1.83. The molecule has 0 spiro atoms. The predicted octanol–water partition coefficient (Wildman–Crippen LogP) is 3.06. The highest BCUT2D eigenvalue weighted by atomic mass is 79.9. The van der Waals surface area contributed by atoms with Crippen LogP contribution < -0.4 is 5.32 Å². The van der Waals surface area contributed by atoms with Crippen LogP contribution in [0.1, 0.15) is 12.5 Å². The molecule has 0 aliphatic carbocycles. The largest absolute Gasteiger partial charge is 0.480 e. The standard InChI is InChI=1S/C12H9BrF3NO2/c1-12(7-4-6(13)2-3-8(7)14)10(11(15)16)19-5-9(18)17-12/h2-4H,5H2,1H3,(H,17,18). The van der Waals surface area contributed by atoms with Crippen LogP contribution in [0, 0.1) is 5.82 Å². The van der Waals surface area contributed by atoms with E-state index in [-0.39, 0.29) is 5.56 Å². The minimum absolute atomic E-state index is 0.0993. The molecule has 3 nitrogen and oxygen atoms in total. The average Bonchev–Trinajstić information content (AvgIpc) is 2.31. The molecule has 1 heterocycles. The van der Waals surface area contributed by atoms with Gasteiger partial charge in [-0.15, -0.1) is 0 Å². The second-order valence-electron chi connectivity index (χ2n) is 4.18. The number of rotatable bonds is 1. The first-order chi connectivity index (χ1) is 8.84. The maximum atomic E-state index is 13.9. The van der Waals surface area contributed by atoms with Crippen LogP contribution in [-0.2, 0) is 15.1 Å². The molecule has 0 bridgehead atoms. The number of morpholine rings is 1. The fourth-order valence-electron chi connectivity index (χ4n) is 1.97. The van der Waals surface area contributed by atoms with Crippen LogP contribution in [0.3, 0.4) is 0 Å². The second-order valence-corrected chi connectivity index (χ2v) is 5.09. The van der Waals surface area contributed by atoms with Gasteiger partial charge in [0.05, 0.1) is 0 Å². The van der Waals surface area contributed by atoms with Gasteiger partial charge in [-0.05, 0) is 25.1 Å². The first-order valence-electron chi connectivity index (χ1n) is 5.29. The van der Waals surface area contributed by atoms with Gasteiger partial charge in [0.1, 0.15) is 11.4 Å². The highest BCUT2D eigenvalue weighted by Gasteiger charge is 2.43. The highest BCUT2D eigenvalue weighted by Crippen LogP contribution is 2.37. The lowest BCUT2D eigenvalue weighted by Crippen LogP contribution is -2.52. The summed E-state index contributed by atoms with van der Waals surface area (Å²) in [5.74, 6) is -2.05. The number of ether oxygens (including phenoxy) is 1. The van der Waals surface area contributed by atoms with E-state index in [4.69, 9.17) is 4.74 Å². The van der Waals surface area contributed by atoms with Gasteiger partial charge in [0.15, 0.2) is 12.4 Å². The molecule has 1 fully saturated rings. The Hall–Kier alpha value is -1.50. The summed E-state index contributed by atoms with van der Waals surface area (Å²) in [6.45, 7) is 0.751. The molecule has 1 N–H and O–H groups in total.